The molecular weight excluding hydrogens is 309 g/mol. The van der Waals surface area contributed by atoms with Crippen LogP contribution >= 0.6 is 0 Å². The number of fused-ring (bicyclic) bond motifs is 2. The summed E-state index contributed by atoms with van der Waals surface area (Å²) < 4.78 is 24.2. The number of rotatable bonds is 2. The van der Waals surface area contributed by atoms with E-state index in [1.165, 1.54) is 13.2 Å². The van der Waals surface area contributed by atoms with E-state index < -0.39 is 5.60 Å². The Labute approximate surface area is 142 Å². The SMILES string of the molecule is COc1cc(C2=CC3CCC(C2)N3C(=O)OC(C)(C)C)ccc1F. The molecule has 0 spiro atoms. The lowest BCUT2D eigenvalue weighted by Gasteiger charge is -2.35. The average molecular weight is 333 g/mol. The van der Waals surface area contributed by atoms with E-state index in [9.17, 15) is 9.18 Å². The molecule has 0 N–H and O–H groups in total. The summed E-state index contributed by atoms with van der Waals surface area (Å²) in [6.07, 6.45) is 4.51. The van der Waals surface area contributed by atoms with Crippen molar-refractivity contribution in [3.63, 3.8) is 0 Å². The van der Waals surface area contributed by atoms with Crippen LogP contribution in [0.3, 0.4) is 0 Å². The Kier molecular flexibility index (Phi) is 4.28. The average Bonchev–Trinajstić information content (AvgIpc) is 2.77. The highest BCUT2D eigenvalue weighted by Crippen LogP contribution is 2.40. The van der Waals surface area contributed by atoms with Crippen molar-refractivity contribution in [1.82, 2.24) is 4.90 Å². The minimum Gasteiger partial charge on any atom is -0.494 e. The minimum atomic E-state index is -0.495. The standard InChI is InChI=1S/C19H24FNO3/c1-19(2,3)24-18(22)21-14-6-7-15(21)10-13(9-14)12-5-8-16(20)17(11-12)23-4/h5,8-9,11,14-15H,6-7,10H2,1-4H3. The molecule has 2 unspecified atom stereocenters. The second kappa shape index (κ2) is 6.11. The second-order valence-corrected chi connectivity index (χ2v) is 7.43. The van der Waals surface area contributed by atoms with Crippen LogP contribution in [0.5, 0.6) is 5.75 Å². The number of carbonyl (C=O) groups excluding carboxylic acids is 1. The molecule has 5 heteroatoms. The van der Waals surface area contributed by atoms with Gasteiger partial charge in [0.05, 0.1) is 13.2 Å². The van der Waals surface area contributed by atoms with E-state index in [1.807, 2.05) is 25.7 Å². The lowest BCUT2D eigenvalue weighted by Crippen LogP contribution is -2.45. The van der Waals surface area contributed by atoms with Gasteiger partial charge in [-0.25, -0.2) is 9.18 Å². The van der Waals surface area contributed by atoms with Gasteiger partial charge in [-0.2, -0.15) is 0 Å². The van der Waals surface area contributed by atoms with Gasteiger partial charge in [-0.15, -0.1) is 0 Å². The van der Waals surface area contributed by atoms with Crippen LogP contribution in [0.25, 0.3) is 5.57 Å². The Hall–Kier alpha value is -2.04. The fourth-order valence-corrected chi connectivity index (χ4v) is 3.50. The molecule has 2 heterocycles. The largest absolute Gasteiger partial charge is 0.494 e. The number of hydrogen-bond acceptors (Lipinski definition) is 3. The van der Waals surface area contributed by atoms with E-state index in [-0.39, 0.29) is 29.7 Å². The van der Waals surface area contributed by atoms with Crippen molar-refractivity contribution < 1.29 is 18.7 Å². The first-order valence-electron chi connectivity index (χ1n) is 8.34. The molecule has 0 radical (unpaired) electrons. The van der Waals surface area contributed by atoms with Crippen molar-refractivity contribution in [3.05, 3.63) is 35.7 Å². The van der Waals surface area contributed by atoms with E-state index in [2.05, 4.69) is 6.08 Å². The van der Waals surface area contributed by atoms with Gasteiger partial charge in [0, 0.05) is 6.04 Å². The van der Waals surface area contributed by atoms with Crippen molar-refractivity contribution >= 4 is 11.7 Å². The smallest absolute Gasteiger partial charge is 0.411 e. The van der Waals surface area contributed by atoms with E-state index in [4.69, 9.17) is 9.47 Å². The van der Waals surface area contributed by atoms with Gasteiger partial charge in [-0.3, -0.25) is 4.90 Å². The zero-order valence-electron chi connectivity index (χ0n) is 14.6. The number of methoxy groups -OCH3 is 1. The maximum atomic E-state index is 13.6. The van der Waals surface area contributed by atoms with E-state index in [1.54, 1.807) is 12.1 Å². The van der Waals surface area contributed by atoms with Crippen molar-refractivity contribution in [2.24, 2.45) is 0 Å². The highest BCUT2D eigenvalue weighted by molar-refractivity contribution is 5.75. The van der Waals surface area contributed by atoms with Crippen LogP contribution in [0.1, 0.15) is 45.6 Å². The van der Waals surface area contributed by atoms with Gasteiger partial charge in [0.1, 0.15) is 5.60 Å². The molecular formula is C19H24FNO3. The summed E-state index contributed by atoms with van der Waals surface area (Å²) in [5, 5.41) is 0. The lowest BCUT2D eigenvalue weighted by atomic mass is 9.95. The fraction of sp³-hybridized carbons (Fsp3) is 0.526. The zero-order chi connectivity index (χ0) is 17.5. The van der Waals surface area contributed by atoms with Crippen LogP contribution in [0.2, 0.25) is 0 Å². The minimum absolute atomic E-state index is 0.0460. The fourth-order valence-electron chi connectivity index (χ4n) is 3.50. The van der Waals surface area contributed by atoms with Gasteiger partial charge in [0.2, 0.25) is 0 Å². The van der Waals surface area contributed by atoms with Crippen molar-refractivity contribution in [2.45, 2.75) is 57.7 Å². The Morgan fingerprint density at radius 2 is 2.04 bits per heavy atom. The predicted molar refractivity (Wildman–Crippen MR) is 90.4 cm³/mol. The van der Waals surface area contributed by atoms with Crippen LogP contribution in [0.4, 0.5) is 9.18 Å². The number of nitrogens with zero attached hydrogens (tertiary/aromatic N) is 1. The van der Waals surface area contributed by atoms with Crippen molar-refractivity contribution in [1.29, 1.82) is 0 Å². The molecule has 0 saturated carbocycles. The predicted octanol–water partition coefficient (Wildman–Crippen LogP) is 4.39. The van der Waals surface area contributed by atoms with Gasteiger partial charge in [0.25, 0.3) is 0 Å². The first kappa shape index (κ1) is 16.8. The van der Waals surface area contributed by atoms with E-state index in [0.29, 0.717) is 0 Å². The number of carbonyl (C=O) groups is 1. The summed E-state index contributed by atoms with van der Waals surface area (Å²) in [5.41, 5.74) is 1.60. The molecule has 0 aliphatic carbocycles. The maximum Gasteiger partial charge on any atom is 0.411 e. The summed E-state index contributed by atoms with van der Waals surface area (Å²) >= 11 is 0. The summed E-state index contributed by atoms with van der Waals surface area (Å²) in [7, 11) is 1.46. The van der Waals surface area contributed by atoms with Crippen LogP contribution < -0.4 is 4.74 Å². The number of hydrogen-bond donors (Lipinski definition) is 0. The first-order valence-corrected chi connectivity index (χ1v) is 8.34. The van der Waals surface area contributed by atoms with E-state index >= 15 is 0 Å². The highest BCUT2D eigenvalue weighted by Gasteiger charge is 2.41. The Morgan fingerprint density at radius 1 is 1.29 bits per heavy atom. The molecule has 1 amide bonds. The molecule has 2 aliphatic heterocycles. The van der Waals surface area contributed by atoms with Crippen LogP contribution in [0.15, 0.2) is 24.3 Å². The summed E-state index contributed by atoms with van der Waals surface area (Å²) in [5.74, 6) is -0.119. The Balaban J connectivity index is 1.83. The van der Waals surface area contributed by atoms with E-state index in [0.717, 1.165) is 30.4 Å². The number of halogens is 1. The van der Waals surface area contributed by atoms with Crippen LogP contribution in [-0.2, 0) is 4.74 Å². The molecule has 1 saturated heterocycles. The molecule has 3 rings (SSSR count). The molecule has 4 nitrogen and oxygen atoms in total. The number of ether oxygens (including phenoxy) is 2. The molecule has 0 aromatic heterocycles. The number of amides is 1. The molecule has 1 aromatic rings. The Bertz CT molecular complexity index is 678. The van der Waals surface area contributed by atoms with Gasteiger partial charge >= 0.3 is 6.09 Å². The first-order chi connectivity index (χ1) is 11.3. The van der Waals surface area contributed by atoms with Gasteiger partial charge in [0.15, 0.2) is 11.6 Å². The quantitative estimate of drug-likeness (QED) is 0.806. The second-order valence-electron chi connectivity index (χ2n) is 7.43. The number of benzene rings is 1. The van der Waals surface area contributed by atoms with Gasteiger partial charge in [-0.1, -0.05) is 12.1 Å². The van der Waals surface area contributed by atoms with Crippen molar-refractivity contribution in [2.75, 3.05) is 7.11 Å². The summed E-state index contributed by atoms with van der Waals surface area (Å²) in [4.78, 5) is 14.3. The topological polar surface area (TPSA) is 38.8 Å². The molecule has 24 heavy (non-hydrogen) atoms. The molecule has 1 fully saturated rings. The summed E-state index contributed by atoms with van der Waals surface area (Å²) in [6.45, 7) is 5.63. The molecule has 1 aromatic carbocycles. The lowest BCUT2D eigenvalue weighted by molar-refractivity contribution is 0.0175. The third kappa shape index (κ3) is 3.25. The third-order valence-electron chi connectivity index (χ3n) is 4.52. The van der Waals surface area contributed by atoms with Gasteiger partial charge in [-0.05, 0) is 63.3 Å². The third-order valence-corrected chi connectivity index (χ3v) is 4.52. The molecule has 130 valence electrons. The Morgan fingerprint density at radius 3 is 2.67 bits per heavy atom. The highest BCUT2D eigenvalue weighted by atomic mass is 19.1. The molecule has 2 bridgehead atoms. The molecule has 2 aliphatic rings. The maximum absolute atomic E-state index is 13.6. The van der Waals surface area contributed by atoms with Crippen LogP contribution in [0, 0.1) is 5.82 Å². The van der Waals surface area contributed by atoms with Gasteiger partial charge < -0.3 is 9.47 Å². The normalized spacial score (nSPS) is 23.0. The zero-order valence-corrected chi connectivity index (χ0v) is 14.6. The molecule has 2 atom stereocenters. The summed E-state index contributed by atoms with van der Waals surface area (Å²) in [6, 6.07) is 5.11. The van der Waals surface area contributed by atoms with Crippen LogP contribution in [-0.4, -0.2) is 35.8 Å². The van der Waals surface area contributed by atoms with Crippen molar-refractivity contribution in [3.8, 4) is 5.75 Å². The monoisotopic (exact) mass is 333 g/mol.